The summed E-state index contributed by atoms with van der Waals surface area (Å²) in [5.74, 6) is 0. The molecule has 0 unspecified atom stereocenters. The largest absolute Gasteiger partial charge is 0.122 e. The molecule has 64 valence electrons. The molecule has 0 saturated carbocycles. The first-order chi connectivity index (χ1) is 5.70. The Kier molecular flexibility index (Phi) is 3.42. The Bertz CT molecular complexity index is 260. The minimum atomic E-state index is 0.392. The summed E-state index contributed by atoms with van der Waals surface area (Å²) in [6, 6.07) is 10.5. The summed E-state index contributed by atoms with van der Waals surface area (Å²) in [6.45, 7) is 2.17. The Morgan fingerprint density at radius 1 is 1.17 bits per heavy atom. The molecule has 0 atom stereocenters. The summed E-state index contributed by atoms with van der Waals surface area (Å²) >= 11 is 0. The highest BCUT2D eigenvalue weighted by atomic mass is 32.2. The number of hydrogen-bond acceptors (Lipinski definition) is 0. The van der Waals surface area contributed by atoms with E-state index in [0.717, 1.165) is 0 Å². The molecule has 0 fully saturated rings. The van der Waals surface area contributed by atoms with Gasteiger partial charge in [-0.2, -0.15) is 0 Å². The van der Waals surface area contributed by atoms with Crippen molar-refractivity contribution in [2.75, 3.05) is 12.5 Å². The fourth-order valence-electron chi connectivity index (χ4n) is 1.12. The van der Waals surface area contributed by atoms with Crippen LogP contribution in [-0.4, -0.2) is 12.5 Å². The van der Waals surface area contributed by atoms with Crippen molar-refractivity contribution in [1.82, 2.24) is 0 Å². The zero-order valence-electron chi connectivity index (χ0n) is 7.87. The lowest BCUT2D eigenvalue weighted by Crippen LogP contribution is -1.89. The molecule has 1 aromatic rings. The minimum Gasteiger partial charge on any atom is -0.0622 e. The second kappa shape index (κ2) is 4.36. The van der Waals surface area contributed by atoms with Crippen molar-refractivity contribution >= 4 is 16.5 Å². The molecule has 0 nitrogen and oxygen atoms in total. The van der Waals surface area contributed by atoms with Crippen LogP contribution in [0.2, 0.25) is 0 Å². The third-order valence-electron chi connectivity index (χ3n) is 1.64. The van der Waals surface area contributed by atoms with E-state index in [9.17, 15) is 0 Å². The summed E-state index contributed by atoms with van der Waals surface area (Å²) in [6.07, 6.45) is 4.46. The van der Waals surface area contributed by atoms with Crippen LogP contribution in [0.25, 0.3) is 5.57 Å². The van der Waals surface area contributed by atoms with Gasteiger partial charge >= 0.3 is 0 Å². The second-order valence-corrected chi connectivity index (χ2v) is 5.04. The SMILES string of the molecule is C/C(=C\[S+](C)C)c1ccccc1. The summed E-state index contributed by atoms with van der Waals surface area (Å²) in [5.41, 5.74) is 2.71. The van der Waals surface area contributed by atoms with Crippen molar-refractivity contribution in [2.45, 2.75) is 6.92 Å². The van der Waals surface area contributed by atoms with Crippen molar-refractivity contribution in [2.24, 2.45) is 0 Å². The number of hydrogen-bond donors (Lipinski definition) is 0. The molecular weight excluding hydrogens is 164 g/mol. The summed E-state index contributed by atoms with van der Waals surface area (Å²) in [4.78, 5) is 0. The molecule has 0 bridgehead atoms. The smallest absolute Gasteiger partial charge is 0.0622 e. The average molecular weight is 179 g/mol. The molecule has 0 aromatic heterocycles. The van der Waals surface area contributed by atoms with Crippen LogP contribution in [0.15, 0.2) is 35.7 Å². The highest BCUT2D eigenvalue weighted by Gasteiger charge is 2.00. The van der Waals surface area contributed by atoms with Gasteiger partial charge in [0, 0.05) is 16.5 Å². The van der Waals surface area contributed by atoms with Crippen LogP contribution in [0.5, 0.6) is 0 Å². The predicted molar refractivity (Wildman–Crippen MR) is 59.3 cm³/mol. The molecule has 0 aliphatic rings. The van der Waals surface area contributed by atoms with Crippen LogP contribution in [-0.2, 0) is 10.9 Å². The first kappa shape index (κ1) is 9.40. The van der Waals surface area contributed by atoms with Gasteiger partial charge in [0.05, 0.1) is 0 Å². The maximum atomic E-state index is 2.31. The Morgan fingerprint density at radius 2 is 1.75 bits per heavy atom. The zero-order valence-corrected chi connectivity index (χ0v) is 8.69. The first-order valence-corrected chi connectivity index (χ1v) is 6.11. The van der Waals surface area contributed by atoms with E-state index in [0.29, 0.717) is 10.9 Å². The van der Waals surface area contributed by atoms with Gasteiger partial charge in [0.25, 0.3) is 0 Å². The monoisotopic (exact) mass is 179 g/mol. The molecule has 0 heterocycles. The van der Waals surface area contributed by atoms with Gasteiger partial charge in [0.15, 0.2) is 0 Å². The van der Waals surface area contributed by atoms with Gasteiger partial charge in [-0.05, 0) is 12.5 Å². The number of allylic oxidation sites excluding steroid dienone is 1. The average Bonchev–Trinajstić information content (AvgIpc) is 2.05. The Balaban J connectivity index is 2.85. The molecule has 1 rings (SSSR count). The lowest BCUT2D eigenvalue weighted by atomic mass is 10.1. The quantitative estimate of drug-likeness (QED) is 0.612. The molecule has 0 spiro atoms. The van der Waals surface area contributed by atoms with Gasteiger partial charge in [-0.25, -0.2) is 0 Å². The first-order valence-electron chi connectivity index (χ1n) is 4.00. The van der Waals surface area contributed by atoms with E-state index < -0.39 is 0 Å². The van der Waals surface area contributed by atoms with Gasteiger partial charge in [0.2, 0.25) is 0 Å². The normalized spacial score (nSPS) is 12.2. The molecule has 0 aliphatic carbocycles. The van der Waals surface area contributed by atoms with Gasteiger partial charge in [0.1, 0.15) is 17.9 Å². The van der Waals surface area contributed by atoms with Crippen molar-refractivity contribution in [1.29, 1.82) is 0 Å². The van der Waals surface area contributed by atoms with E-state index >= 15 is 0 Å². The van der Waals surface area contributed by atoms with Gasteiger partial charge in [-0.1, -0.05) is 30.3 Å². The van der Waals surface area contributed by atoms with E-state index in [4.69, 9.17) is 0 Å². The van der Waals surface area contributed by atoms with E-state index in [1.54, 1.807) is 0 Å². The number of benzene rings is 1. The molecule has 0 radical (unpaired) electrons. The lowest BCUT2D eigenvalue weighted by Gasteiger charge is -1.97. The Hall–Kier alpha value is -0.690. The highest BCUT2D eigenvalue weighted by molar-refractivity contribution is 7.98. The van der Waals surface area contributed by atoms with Crippen LogP contribution in [0.1, 0.15) is 12.5 Å². The van der Waals surface area contributed by atoms with Gasteiger partial charge in [-0.15, -0.1) is 0 Å². The van der Waals surface area contributed by atoms with Crippen molar-refractivity contribution < 1.29 is 0 Å². The molecule has 12 heavy (non-hydrogen) atoms. The molecular formula is C11H15S+. The summed E-state index contributed by atoms with van der Waals surface area (Å²) in [5, 5.41) is 2.31. The predicted octanol–water partition coefficient (Wildman–Crippen LogP) is 2.93. The Labute approximate surface area is 77.7 Å². The van der Waals surface area contributed by atoms with Crippen molar-refractivity contribution in [3.8, 4) is 0 Å². The fourth-order valence-corrected chi connectivity index (χ4v) is 1.97. The molecule has 1 heteroatoms. The molecule has 0 amide bonds. The van der Waals surface area contributed by atoms with Crippen LogP contribution < -0.4 is 0 Å². The minimum absolute atomic E-state index is 0.392. The molecule has 1 aromatic carbocycles. The molecule has 0 N–H and O–H groups in total. The van der Waals surface area contributed by atoms with Crippen molar-refractivity contribution in [3.63, 3.8) is 0 Å². The zero-order chi connectivity index (χ0) is 8.97. The van der Waals surface area contributed by atoms with E-state index in [-0.39, 0.29) is 0 Å². The van der Waals surface area contributed by atoms with Gasteiger partial charge < -0.3 is 0 Å². The van der Waals surface area contributed by atoms with E-state index in [2.05, 4.69) is 55.2 Å². The van der Waals surface area contributed by atoms with E-state index in [1.165, 1.54) is 11.1 Å². The molecule has 0 aliphatic heterocycles. The fraction of sp³-hybridized carbons (Fsp3) is 0.273. The lowest BCUT2D eigenvalue weighted by molar-refractivity contribution is 1.58. The standard InChI is InChI=1S/C11H15S/c1-10(9-12(2)3)11-7-5-4-6-8-11/h4-9H,1-3H3/q+1/b10-9+. The third-order valence-corrected chi connectivity index (χ3v) is 2.47. The maximum Gasteiger partial charge on any atom is 0.122 e. The summed E-state index contributed by atoms with van der Waals surface area (Å²) in [7, 11) is 0.392. The van der Waals surface area contributed by atoms with Crippen LogP contribution >= 0.6 is 0 Å². The number of rotatable bonds is 2. The van der Waals surface area contributed by atoms with Crippen LogP contribution in [0, 0.1) is 0 Å². The highest BCUT2D eigenvalue weighted by Crippen LogP contribution is 2.13. The summed E-state index contributed by atoms with van der Waals surface area (Å²) < 4.78 is 0. The Morgan fingerprint density at radius 3 is 2.25 bits per heavy atom. The van der Waals surface area contributed by atoms with E-state index in [1.807, 2.05) is 0 Å². The van der Waals surface area contributed by atoms with Crippen LogP contribution in [0.3, 0.4) is 0 Å². The van der Waals surface area contributed by atoms with Crippen molar-refractivity contribution in [3.05, 3.63) is 41.3 Å². The topological polar surface area (TPSA) is 0 Å². The molecule has 0 saturated heterocycles. The third kappa shape index (κ3) is 2.74. The maximum absolute atomic E-state index is 2.31. The van der Waals surface area contributed by atoms with Crippen LogP contribution in [0.4, 0.5) is 0 Å². The second-order valence-electron chi connectivity index (χ2n) is 3.05. The van der Waals surface area contributed by atoms with Gasteiger partial charge in [-0.3, -0.25) is 0 Å².